The van der Waals surface area contributed by atoms with Crippen molar-refractivity contribution in [2.24, 2.45) is 7.05 Å². The smallest absolute Gasteiger partial charge is 0.407 e. The Morgan fingerprint density at radius 1 is 1.17 bits per heavy atom. The van der Waals surface area contributed by atoms with Gasteiger partial charge in [0.1, 0.15) is 11.3 Å². The lowest BCUT2D eigenvalue weighted by atomic mass is 9.89. The van der Waals surface area contributed by atoms with Gasteiger partial charge in [0.15, 0.2) is 5.82 Å². The normalized spacial score (nSPS) is 16.1. The van der Waals surface area contributed by atoms with Crippen LogP contribution < -0.4 is 5.32 Å². The third-order valence-corrected chi connectivity index (χ3v) is 4.98. The molecule has 1 aliphatic carbocycles. The molecular weight excluding hydrogens is 378 g/mol. The summed E-state index contributed by atoms with van der Waals surface area (Å²) in [5.74, 6) is 0.702. The van der Waals surface area contributed by atoms with Crippen molar-refractivity contribution in [3.8, 4) is 22.8 Å². The number of hydrogen-bond acceptors (Lipinski definition) is 5. The van der Waals surface area contributed by atoms with Crippen LogP contribution in [0.2, 0.25) is 0 Å². The second-order valence-corrected chi connectivity index (χ2v) is 8.65. The molecule has 156 valence electrons. The van der Waals surface area contributed by atoms with Crippen molar-refractivity contribution in [2.75, 3.05) is 0 Å². The van der Waals surface area contributed by atoms with Crippen LogP contribution in [-0.4, -0.2) is 37.5 Å². The van der Waals surface area contributed by atoms with Crippen LogP contribution in [0.15, 0.2) is 42.6 Å². The fraction of sp³-hybridized carbons (Fsp3) is 0.391. The number of aryl methyl sites for hydroxylation is 2. The van der Waals surface area contributed by atoms with Gasteiger partial charge >= 0.3 is 6.09 Å². The van der Waals surface area contributed by atoms with Gasteiger partial charge in [-0.05, 0) is 46.1 Å². The number of nitrogens with one attached hydrogen (secondary N) is 1. The van der Waals surface area contributed by atoms with E-state index in [1.165, 1.54) is 0 Å². The summed E-state index contributed by atoms with van der Waals surface area (Å²) in [4.78, 5) is 22.0. The van der Waals surface area contributed by atoms with Crippen LogP contribution in [-0.2, 0) is 24.6 Å². The maximum Gasteiger partial charge on any atom is 0.407 e. The second kappa shape index (κ2) is 7.89. The number of hydrogen-bond donors (Lipinski definition) is 1. The Kier molecular flexibility index (Phi) is 5.28. The quantitative estimate of drug-likeness (QED) is 0.714. The van der Waals surface area contributed by atoms with E-state index in [-0.39, 0.29) is 6.04 Å². The van der Waals surface area contributed by atoms with Gasteiger partial charge in [0, 0.05) is 36.1 Å². The summed E-state index contributed by atoms with van der Waals surface area (Å²) in [5.41, 5.74) is 4.16. The van der Waals surface area contributed by atoms with Gasteiger partial charge in [0.2, 0.25) is 0 Å². The number of carbonyl (C=O) groups excluding carboxylic acids is 1. The Morgan fingerprint density at radius 3 is 2.60 bits per heavy atom. The van der Waals surface area contributed by atoms with E-state index in [0.717, 1.165) is 41.1 Å². The highest BCUT2D eigenvalue weighted by Crippen LogP contribution is 2.31. The van der Waals surface area contributed by atoms with E-state index in [9.17, 15) is 4.79 Å². The summed E-state index contributed by atoms with van der Waals surface area (Å²) in [7, 11) is 1.89. The monoisotopic (exact) mass is 405 g/mol. The average Bonchev–Trinajstić information content (AvgIpc) is 3.12. The Labute approximate surface area is 176 Å². The molecule has 1 aromatic carbocycles. The molecule has 1 atom stereocenters. The molecule has 3 aromatic rings. The van der Waals surface area contributed by atoms with Crippen LogP contribution in [0.5, 0.6) is 0 Å². The number of nitrogens with zero attached hydrogens (tertiary/aromatic N) is 4. The number of rotatable bonds is 3. The highest BCUT2D eigenvalue weighted by Gasteiger charge is 2.28. The molecule has 30 heavy (non-hydrogen) atoms. The summed E-state index contributed by atoms with van der Waals surface area (Å²) in [5, 5.41) is 7.58. The zero-order chi connectivity index (χ0) is 21.3. The van der Waals surface area contributed by atoms with Crippen molar-refractivity contribution in [3.05, 3.63) is 53.9 Å². The van der Waals surface area contributed by atoms with Crippen molar-refractivity contribution in [2.45, 2.75) is 51.7 Å². The molecule has 0 radical (unpaired) electrons. The number of carbonyl (C=O) groups is 1. The zero-order valence-corrected chi connectivity index (χ0v) is 17.8. The highest BCUT2D eigenvalue weighted by atomic mass is 16.6. The molecule has 0 spiro atoms. The van der Waals surface area contributed by atoms with Crippen LogP contribution in [0.25, 0.3) is 22.8 Å². The van der Waals surface area contributed by atoms with Gasteiger partial charge in [-0.25, -0.2) is 14.8 Å². The molecule has 0 fully saturated rings. The first-order chi connectivity index (χ1) is 14.3. The van der Waals surface area contributed by atoms with Crippen LogP contribution in [0.1, 0.15) is 38.4 Å². The minimum absolute atomic E-state index is 0.0269. The maximum atomic E-state index is 12.3. The van der Waals surface area contributed by atoms with E-state index in [4.69, 9.17) is 14.7 Å². The summed E-state index contributed by atoms with van der Waals surface area (Å²) in [6.45, 7) is 5.59. The van der Waals surface area contributed by atoms with Gasteiger partial charge in [0.25, 0.3) is 0 Å². The van der Waals surface area contributed by atoms with E-state index in [0.29, 0.717) is 12.2 Å². The predicted molar refractivity (Wildman–Crippen MR) is 115 cm³/mol. The minimum atomic E-state index is -0.524. The Morgan fingerprint density at radius 2 is 1.93 bits per heavy atom. The number of fused-ring (bicyclic) bond motifs is 1. The standard InChI is InChI=1S/C23H27N5O2/c1-23(2,3)30-22(29)24-16-10-11-18-17(14-16)20(19-12-13-28(4)27-19)26-21(25-18)15-8-6-5-7-9-15/h5-9,12-13,16H,10-11,14H2,1-4H3,(H,24,29). The lowest BCUT2D eigenvalue weighted by molar-refractivity contribution is 0.0500. The van der Waals surface area contributed by atoms with E-state index >= 15 is 0 Å². The van der Waals surface area contributed by atoms with Crippen molar-refractivity contribution in [1.29, 1.82) is 0 Å². The molecule has 0 bridgehead atoms. The van der Waals surface area contributed by atoms with Crippen molar-refractivity contribution >= 4 is 6.09 Å². The Hall–Kier alpha value is -3.22. The van der Waals surface area contributed by atoms with Crippen molar-refractivity contribution in [1.82, 2.24) is 25.1 Å². The minimum Gasteiger partial charge on any atom is -0.444 e. The van der Waals surface area contributed by atoms with E-state index in [2.05, 4.69) is 10.4 Å². The molecule has 0 aliphatic heterocycles. The summed E-state index contributed by atoms with van der Waals surface area (Å²) < 4.78 is 7.20. The maximum absolute atomic E-state index is 12.3. The Balaban J connectivity index is 1.68. The molecule has 1 unspecified atom stereocenters. The summed E-state index contributed by atoms with van der Waals surface area (Å²) >= 11 is 0. The zero-order valence-electron chi connectivity index (χ0n) is 17.8. The fourth-order valence-corrected chi connectivity index (χ4v) is 3.68. The lowest BCUT2D eigenvalue weighted by Crippen LogP contribution is -2.42. The SMILES string of the molecule is Cn1ccc(-c2nc(-c3ccccc3)nc3c2CC(NC(=O)OC(C)(C)C)CC3)n1. The van der Waals surface area contributed by atoms with E-state index in [1.54, 1.807) is 4.68 Å². The van der Waals surface area contributed by atoms with E-state index < -0.39 is 11.7 Å². The van der Waals surface area contributed by atoms with Gasteiger partial charge in [0.05, 0.1) is 5.69 Å². The predicted octanol–water partition coefficient (Wildman–Crippen LogP) is 3.93. The first-order valence-electron chi connectivity index (χ1n) is 10.2. The van der Waals surface area contributed by atoms with Crippen LogP contribution >= 0.6 is 0 Å². The van der Waals surface area contributed by atoms with Crippen LogP contribution in [0, 0.1) is 0 Å². The lowest BCUT2D eigenvalue weighted by Gasteiger charge is -2.28. The van der Waals surface area contributed by atoms with Gasteiger partial charge in [-0.2, -0.15) is 5.10 Å². The van der Waals surface area contributed by atoms with E-state index in [1.807, 2.05) is 70.4 Å². The fourth-order valence-electron chi connectivity index (χ4n) is 3.68. The van der Waals surface area contributed by atoms with Crippen LogP contribution in [0.4, 0.5) is 4.79 Å². The molecule has 2 aromatic heterocycles. The molecule has 1 aliphatic rings. The summed E-state index contributed by atoms with van der Waals surface area (Å²) in [6, 6.07) is 11.9. The topological polar surface area (TPSA) is 81.9 Å². The molecule has 7 heteroatoms. The van der Waals surface area contributed by atoms with Crippen LogP contribution in [0.3, 0.4) is 0 Å². The van der Waals surface area contributed by atoms with Crippen molar-refractivity contribution in [3.63, 3.8) is 0 Å². The van der Waals surface area contributed by atoms with Gasteiger partial charge in [-0.1, -0.05) is 30.3 Å². The number of aromatic nitrogens is 4. The second-order valence-electron chi connectivity index (χ2n) is 8.65. The third-order valence-electron chi connectivity index (χ3n) is 4.98. The number of amides is 1. The molecule has 4 rings (SSSR count). The molecule has 1 amide bonds. The summed E-state index contributed by atoms with van der Waals surface area (Å²) in [6.07, 6.45) is 3.73. The number of benzene rings is 1. The molecule has 1 N–H and O–H groups in total. The third kappa shape index (κ3) is 4.50. The molecule has 2 heterocycles. The number of ether oxygens (including phenoxy) is 1. The first kappa shape index (κ1) is 20.1. The molecular formula is C23H27N5O2. The molecule has 7 nitrogen and oxygen atoms in total. The first-order valence-corrected chi connectivity index (χ1v) is 10.2. The molecule has 0 saturated heterocycles. The van der Waals surface area contributed by atoms with Crippen molar-refractivity contribution < 1.29 is 9.53 Å². The van der Waals surface area contributed by atoms with Gasteiger partial charge in [-0.15, -0.1) is 0 Å². The highest BCUT2D eigenvalue weighted by molar-refractivity contribution is 5.69. The number of alkyl carbamates (subject to hydrolysis) is 1. The Bertz CT molecular complexity index is 1050. The largest absolute Gasteiger partial charge is 0.444 e. The average molecular weight is 406 g/mol. The van der Waals surface area contributed by atoms with Gasteiger partial charge in [-0.3, -0.25) is 4.68 Å². The molecule has 0 saturated carbocycles. The van der Waals surface area contributed by atoms with Gasteiger partial charge < -0.3 is 10.1 Å².